The third kappa shape index (κ3) is 1.60. The molecule has 1 heterocycles. The molecule has 0 aromatic rings. The standard InChI is InChI=1S/C8H13N/c1-3-8-5-4-7(2)9-6-8/h4-7,9H,3H2,1-2H3. The Kier molecular flexibility index (Phi) is 1.93. The molecule has 1 aliphatic heterocycles. The van der Waals surface area contributed by atoms with Crippen LogP contribution in [0, 0.1) is 0 Å². The Bertz CT molecular complexity index is 145. The molecule has 0 spiro atoms. The van der Waals surface area contributed by atoms with Gasteiger partial charge in [0.15, 0.2) is 0 Å². The zero-order chi connectivity index (χ0) is 6.69. The van der Waals surface area contributed by atoms with E-state index in [9.17, 15) is 0 Å². The highest BCUT2D eigenvalue weighted by Gasteiger charge is 1.98. The molecule has 1 unspecified atom stereocenters. The van der Waals surface area contributed by atoms with Gasteiger partial charge in [0.1, 0.15) is 0 Å². The Balaban J connectivity index is 2.52. The molecule has 1 N–H and O–H groups in total. The van der Waals surface area contributed by atoms with Crippen LogP contribution in [0.1, 0.15) is 20.3 Å². The zero-order valence-electron chi connectivity index (χ0n) is 6.02. The minimum atomic E-state index is 0.514. The van der Waals surface area contributed by atoms with Crippen LogP contribution >= 0.6 is 0 Å². The topological polar surface area (TPSA) is 12.0 Å². The van der Waals surface area contributed by atoms with E-state index in [0.717, 1.165) is 6.42 Å². The van der Waals surface area contributed by atoms with Crippen molar-refractivity contribution in [1.29, 1.82) is 0 Å². The Morgan fingerprint density at radius 2 is 2.44 bits per heavy atom. The number of dihydropyridines is 1. The lowest BCUT2D eigenvalue weighted by Crippen LogP contribution is -2.20. The first-order chi connectivity index (χ1) is 4.33. The van der Waals surface area contributed by atoms with Gasteiger partial charge < -0.3 is 5.32 Å². The highest BCUT2D eigenvalue weighted by atomic mass is 14.9. The normalized spacial score (nSPS) is 25.1. The highest BCUT2D eigenvalue weighted by molar-refractivity contribution is 5.22. The van der Waals surface area contributed by atoms with Crippen molar-refractivity contribution < 1.29 is 0 Å². The lowest BCUT2D eigenvalue weighted by atomic mass is 10.1. The first kappa shape index (κ1) is 6.40. The molecule has 0 radical (unpaired) electrons. The minimum Gasteiger partial charge on any atom is -0.385 e. The maximum Gasteiger partial charge on any atom is 0.0413 e. The van der Waals surface area contributed by atoms with Gasteiger partial charge in [-0.25, -0.2) is 0 Å². The molecule has 0 saturated carbocycles. The summed E-state index contributed by atoms with van der Waals surface area (Å²) < 4.78 is 0. The summed E-state index contributed by atoms with van der Waals surface area (Å²) in [6.07, 6.45) is 7.57. The van der Waals surface area contributed by atoms with Gasteiger partial charge in [-0.1, -0.05) is 19.1 Å². The second-order valence-corrected chi connectivity index (χ2v) is 2.39. The van der Waals surface area contributed by atoms with Crippen molar-refractivity contribution in [2.24, 2.45) is 0 Å². The second-order valence-electron chi connectivity index (χ2n) is 2.39. The molecule has 1 nitrogen and oxygen atoms in total. The van der Waals surface area contributed by atoms with E-state index < -0.39 is 0 Å². The highest BCUT2D eigenvalue weighted by Crippen LogP contribution is 2.06. The van der Waals surface area contributed by atoms with E-state index in [-0.39, 0.29) is 0 Å². The lowest BCUT2D eigenvalue weighted by Gasteiger charge is -2.12. The average molecular weight is 123 g/mol. The fraction of sp³-hybridized carbons (Fsp3) is 0.500. The van der Waals surface area contributed by atoms with Crippen LogP contribution in [0.15, 0.2) is 23.9 Å². The van der Waals surface area contributed by atoms with Crippen LogP contribution in [0.3, 0.4) is 0 Å². The molecule has 0 bridgehead atoms. The van der Waals surface area contributed by atoms with E-state index in [1.807, 2.05) is 0 Å². The molecule has 50 valence electrons. The summed E-state index contributed by atoms with van der Waals surface area (Å²) >= 11 is 0. The molecule has 1 heteroatoms. The summed E-state index contributed by atoms with van der Waals surface area (Å²) in [7, 11) is 0. The van der Waals surface area contributed by atoms with Crippen LogP contribution < -0.4 is 5.32 Å². The first-order valence-electron chi connectivity index (χ1n) is 3.46. The van der Waals surface area contributed by atoms with Crippen molar-refractivity contribution in [3.8, 4) is 0 Å². The van der Waals surface area contributed by atoms with Crippen LogP contribution in [0.4, 0.5) is 0 Å². The van der Waals surface area contributed by atoms with E-state index in [0.29, 0.717) is 6.04 Å². The van der Waals surface area contributed by atoms with Crippen molar-refractivity contribution >= 4 is 0 Å². The summed E-state index contributed by atoms with van der Waals surface area (Å²) in [5.74, 6) is 0. The van der Waals surface area contributed by atoms with Crippen LogP contribution in [-0.4, -0.2) is 6.04 Å². The summed E-state index contributed by atoms with van der Waals surface area (Å²) in [6.45, 7) is 4.30. The molecule has 1 atom stereocenters. The molecular formula is C8H13N. The third-order valence-corrected chi connectivity index (χ3v) is 1.54. The molecule has 0 aliphatic carbocycles. The predicted molar refractivity (Wildman–Crippen MR) is 40.1 cm³/mol. The Morgan fingerprint density at radius 1 is 1.67 bits per heavy atom. The van der Waals surface area contributed by atoms with Gasteiger partial charge in [0.05, 0.1) is 0 Å². The largest absolute Gasteiger partial charge is 0.385 e. The Morgan fingerprint density at radius 3 is 2.89 bits per heavy atom. The van der Waals surface area contributed by atoms with Crippen LogP contribution in [-0.2, 0) is 0 Å². The van der Waals surface area contributed by atoms with Gasteiger partial charge in [0.2, 0.25) is 0 Å². The van der Waals surface area contributed by atoms with Gasteiger partial charge in [-0.3, -0.25) is 0 Å². The van der Waals surface area contributed by atoms with Gasteiger partial charge in [0.25, 0.3) is 0 Å². The van der Waals surface area contributed by atoms with Crippen LogP contribution in [0.5, 0.6) is 0 Å². The molecule has 9 heavy (non-hydrogen) atoms. The van der Waals surface area contributed by atoms with Gasteiger partial charge >= 0.3 is 0 Å². The van der Waals surface area contributed by atoms with Crippen molar-refractivity contribution in [3.63, 3.8) is 0 Å². The fourth-order valence-electron chi connectivity index (χ4n) is 0.830. The molecular weight excluding hydrogens is 110 g/mol. The number of rotatable bonds is 1. The minimum absolute atomic E-state index is 0.514. The van der Waals surface area contributed by atoms with Gasteiger partial charge in [-0.2, -0.15) is 0 Å². The fourth-order valence-corrected chi connectivity index (χ4v) is 0.830. The number of hydrogen-bond acceptors (Lipinski definition) is 1. The molecule has 0 aromatic heterocycles. The van der Waals surface area contributed by atoms with Crippen LogP contribution in [0.25, 0.3) is 0 Å². The molecule has 0 amide bonds. The molecule has 0 saturated heterocycles. The maximum atomic E-state index is 3.23. The second kappa shape index (κ2) is 2.72. The molecule has 0 fully saturated rings. The van der Waals surface area contributed by atoms with Gasteiger partial charge in [-0.15, -0.1) is 0 Å². The summed E-state index contributed by atoms with van der Waals surface area (Å²) in [5.41, 5.74) is 1.38. The van der Waals surface area contributed by atoms with Crippen LogP contribution in [0.2, 0.25) is 0 Å². The lowest BCUT2D eigenvalue weighted by molar-refractivity contribution is 0.748. The third-order valence-electron chi connectivity index (χ3n) is 1.54. The summed E-state index contributed by atoms with van der Waals surface area (Å²) in [6, 6.07) is 0.514. The van der Waals surface area contributed by atoms with Gasteiger partial charge in [0, 0.05) is 12.2 Å². The zero-order valence-corrected chi connectivity index (χ0v) is 6.02. The number of allylic oxidation sites excluding steroid dienone is 2. The van der Waals surface area contributed by atoms with E-state index in [2.05, 4.69) is 37.5 Å². The van der Waals surface area contributed by atoms with Gasteiger partial charge in [-0.05, 0) is 18.9 Å². The Labute approximate surface area is 56.5 Å². The molecule has 0 aromatic carbocycles. The summed E-state index contributed by atoms with van der Waals surface area (Å²) in [5, 5.41) is 3.23. The number of hydrogen-bond donors (Lipinski definition) is 1. The van der Waals surface area contributed by atoms with E-state index in [1.165, 1.54) is 5.57 Å². The monoisotopic (exact) mass is 123 g/mol. The smallest absolute Gasteiger partial charge is 0.0413 e. The average Bonchev–Trinajstić information content (AvgIpc) is 1.90. The van der Waals surface area contributed by atoms with E-state index >= 15 is 0 Å². The van der Waals surface area contributed by atoms with Crippen molar-refractivity contribution in [3.05, 3.63) is 23.9 Å². The SMILES string of the molecule is CCC1=CNC(C)C=C1. The first-order valence-corrected chi connectivity index (χ1v) is 3.46. The van der Waals surface area contributed by atoms with E-state index in [4.69, 9.17) is 0 Å². The molecule has 1 rings (SSSR count). The van der Waals surface area contributed by atoms with Crippen molar-refractivity contribution in [2.75, 3.05) is 0 Å². The Hall–Kier alpha value is -0.720. The van der Waals surface area contributed by atoms with Crippen molar-refractivity contribution in [1.82, 2.24) is 5.32 Å². The van der Waals surface area contributed by atoms with Crippen molar-refractivity contribution in [2.45, 2.75) is 26.3 Å². The predicted octanol–water partition coefficient (Wildman–Crippen LogP) is 1.83. The summed E-state index contributed by atoms with van der Waals surface area (Å²) in [4.78, 5) is 0. The quantitative estimate of drug-likeness (QED) is 0.561. The number of nitrogens with one attached hydrogen (secondary N) is 1. The maximum absolute atomic E-state index is 3.23. The molecule has 1 aliphatic rings. The van der Waals surface area contributed by atoms with E-state index in [1.54, 1.807) is 0 Å².